The summed E-state index contributed by atoms with van der Waals surface area (Å²) < 4.78 is 0. The second-order valence-electron chi connectivity index (χ2n) is 3.48. The van der Waals surface area contributed by atoms with Crippen LogP contribution >= 0.6 is 10.0 Å². The van der Waals surface area contributed by atoms with Gasteiger partial charge in [0, 0.05) is 0 Å². The fourth-order valence-corrected chi connectivity index (χ4v) is 4.49. The molecule has 1 unspecified atom stereocenters. The van der Waals surface area contributed by atoms with Crippen molar-refractivity contribution in [3.63, 3.8) is 0 Å². The number of hydrogen-bond acceptors (Lipinski definition) is 0. The van der Waals surface area contributed by atoms with Crippen molar-refractivity contribution in [1.29, 1.82) is 0 Å². The molecule has 1 radical (unpaired) electrons. The van der Waals surface area contributed by atoms with Crippen LogP contribution in [0.25, 0.3) is 0 Å². The Morgan fingerprint density at radius 2 is 2.30 bits per heavy atom. The Morgan fingerprint density at radius 1 is 1.50 bits per heavy atom. The second-order valence-corrected chi connectivity index (χ2v) is 7.59. The van der Waals surface area contributed by atoms with Crippen LogP contribution in [-0.4, -0.2) is 30.7 Å². The predicted octanol–water partition coefficient (Wildman–Crippen LogP) is 2.31. The average Bonchev–Trinajstić information content (AvgIpc) is 2.33. The largest absolute Gasteiger partial charge is 0.252 e. The smallest absolute Gasteiger partial charge is 0.121 e. The first-order valence-corrected chi connectivity index (χ1v) is 6.85. The van der Waals surface area contributed by atoms with Gasteiger partial charge in [-0.15, -0.1) is 0 Å². The summed E-state index contributed by atoms with van der Waals surface area (Å²) >= 11 is 0. The zero-order chi connectivity index (χ0) is 7.45. The Labute approximate surface area is 67.3 Å². The predicted molar refractivity (Wildman–Crippen MR) is 53.6 cm³/mol. The van der Waals surface area contributed by atoms with E-state index in [0.29, 0.717) is 0 Å². The summed E-state index contributed by atoms with van der Waals surface area (Å²) in [7, 11) is 2.37. The zero-order valence-electron chi connectivity index (χ0n) is 7.23. The minimum absolute atomic E-state index is 0.121. The van der Waals surface area contributed by atoms with E-state index >= 15 is 0 Å². The molecule has 1 rings (SSSR count). The lowest BCUT2D eigenvalue weighted by Gasteiger charge is -2.30. The molecule has 1 fully saturated rings. The Morgan fingerprint density at radius 3 is 2.80 bits per heavy atom. The summed E-state index contributed by atoms with van der Waals surface area (Å²) in [5, 5.41) is 0. The van der Waals surface area contributed by atoms with E-state index in [0.717, 1.165) is 0 Å². The molecular formula is C8H18BS. The highest BCUT2D eigenvalue weighted by molar-refractivity contribution is 8.34. The van der Waals surface area contributed by atoms with Gasteiger partial charge in [-0.2, -0.15) is 0 Å². The van der Waals surface area contributed by atoms with Crippen LogP contribution in [-0.2, 0) is 0 Å². The van der Waals surface area contributed by atoms with E-state index in [1.165, 1.54) is 36.3 Å². The second kappa shape index (κ2) is 3.70. The lowest BCUT2D eigenvalue weighted by atomic mass is 9.79. The van der Waals surface area contributed by atoms with Crippen LogP contribution in [0, 0.1) is 0 Å². The van der Waals surface area contributed by atoms with Gasteiger partial charge in [0.2, 0.25) is 0 Å². The van der Waals surface area contributed by atoms with Gasteiger partial charge in [0.1, 0.15) is 7.28 Å². The quantitative estimate of drug-likeness (QED) is 0.551. The van der Waals surface area contributed by atoms with Crippen LogP contribution in [0.4, 0.5) is 0 Å². The Kier molecular flexibility index (Phi) is 3.15. The van der Waals surface area contributed by atoms with E-state index in [4.69, 9.17) is 0 Å². The first-order valence-electron chi connectivity index (χ1n) is 4.30. The average molecular weight is 157 g/mol. The summed E-state index contributed by atoms with van der Waals surface area (Å²) in [6.07, 6.45) is 6.75. The molecule has 0 bridgehead atoms. The van der Waals surface area contributed by atoms with Gasteiger partial charge in [-0.3, -0.25) is 10.0 Å². The lowest BCUT2D eigenvalue weighted by Crippen LogP contribution is -2.05. The normalized spacial score (nSPS) is 38.6. The molecule has 2 heteroatoms. The number of rotatable bonds is 3. The molecular weight excluding hydrogens is 139 g/mol. The van der Waals surface area contributed by atoms with Gasteiger partial charge in [0.25, 0.3) is 0 Å². The van der Waals surface area contributed by atoms with Gasteiger partial charge < -0.3 is 0 Å². The maximum Gasteiger partial charge on any atom is 0.121 e. The van der Waals surface area contributed by atoms with Crippen LogP contribution in [0.15, 0.2) is 0 Å². The molecule has 0 nitrogen and oxygen atoms in total. The van der Waals surface area contributed by atoms with Crippen molar-refractivity contribution in [3.8, 4) is 0 Å². The molecule has 1 aliphatic rings. The molecule has 1 atom stereocenters. The molecule has 0 saturated carbocycles. The van der Waals surface area contributed by atoms with Gasteiger partial charge >= 0.3 is 0 Å². The molecule has 1 saturated heterocycles. The summed E-state index contributed by atoms with van der Waals surface area (Å²) in [6.45, 7) is 2.29. The van der Waals surface area contributed by atoms with E-state index in [9.17, 15) is 0 Å². The van der Waals surface area contributed by atoms with Crippen molar-refractivity contribution in [1.82, 2.24) is 0 Å². The minimum atomic E-state index is -0.121. The third-order valence-electron chi connectivity index (χ3n) is 2.33. The van der Waals surface area contributed by atoms with Crippen LogP contribution in [0.2, 0.25) is 6.32 Å². The van der Waals surface area contributed by atoms with Gasteiger partial charge in [0.15, 0.2) is 0 Å². The molecule has 0 aliphatic carbocycles. The zero-order valence-corrected chi connectivity index (χ0v) is 8.04. The van der Waals surface area contributed by atoms with Crippen LogP contribution < -0.4 is 0 Å². The SMILES string of the molecule is CCCCS1(C)C[B]CC1. The van der Waals surface area contributed by atoms with Crippen molar-refractivity contribution in [2.45, 2.75) is 26.1 Å². The molecule has 10 heavy (non-hydrogen) atoms. The Hall–Kier alpha value is 0.415. The highest BCUT2D eigenvalue weighted by Crippen LogP contribution is 2.48. The summed E-state index contributed by atoms with van der Waals surface area (Å²) in [5.74, 6) is 3.05. The first kappa shape index (κ1) is 8.51. The highest BCUT2D eigenvalue weighted by atomic mass is 32.3. The van der Waals surface area contributed by atoms with Crippen LogP contribution in [0.5, 0.6) is 0 Å². The monoisotopic (exact) mass is 157 g/mol. The molecule has 0 N–H and O–H groups in total. The van der Waals surface area contributed by atoms with E-state index in [-0.39, 0.29) is 10.0 Å². The van der Waals surface area contributed by atoms with E-state index in [1.54, 1.807) is 0 Å². The summed E-state index contributed by atoms with van der Waals surface area (Å²) in [5.41, 5.74) is 1.45. The fourth-order valence-electron chi connectivity index (χ4n) is 1.50. The third kappa shape index (κ3) is 2.23. The van der Waals surface area contributed by atoms with Gasteiger partial charge in [-0.1, -0.05) is 25.3 Å². The maximum absolute atomic E-state index is 2.52. The topological polar surface area (TPSA) is 0 Å². The summed E-state index contributed by atoms with van der Waals surface area (Å²) in [4.78, 5) is 0. The van der Waals surface area contributed by atoms with Gasteiger partial charge in [0.05, 0.1) is 0 Å². The van der Waals surface area contributed by atoms with E-state index in [1.807, 2.05) is 0 Å². The van der Waals surface area contributed by atoms with Crippen LogP contribution in [0.1, 0.15) is 19.8 Å². The minimum Gasteiger partial charge on any atom is -0.252 e. The molecule has 1 heterocycles. The molecule has 0 aromatic carbocycles. The third-order valence-corrected chi connectivity index (χ3v) is 5.86. The van der Waals surface area contributed by atoms with E-state index in [2.05, 4.69) is 20.5 Å². The molecule has 0 aromatic rings. The molecule has 0 amide bonds. The standard InChI is InChI=1S/C8H18BS/c1-3-4-6-10(2)7-5-9-8-10/h3-8H2,1-2H3. The highest BCUT2D eigenvalue weighted by Gasteiger charge is 2.22. The Balaban J connectivity index is 2.22. The van der Waals surface area contributed by atoms with Crippen molar-refractivity contribution in [2.24, 2.45) is 0 Å². The van der Waals surface area contributed by atoms with Gasteiger partial charge in [-0.25, -0.2) is 0 Å². The van der Waals surface area contributed by atoms with Crippen molar-refractivity contribution >= 4 is 17.3 Å². The molecule has 0 spiro atoms. The number of unbranched alkanes of at least 4 members (excludes halogenated alkanes) is 1. The van der Waals surface area contributed by atoms with Crippen molar-refractivity contribution in [3.05, 3.63) is 0 Å². The number of hydrogen-bond donors (Lipinski definition) is 0. The lowest BCUT2D eigenvalue weighted by molar-refractivity contribution is 0.892. The van der Waals surface area contributed by atoms with Gasteiger partial charge in [-0.05, 0) is 24.2 Å². The van der Waals surface area contributed by atoms with Crippen molar-refractivity contribution < 1.29 is 0 Å². The first-order chi connectivity index (χ1) is 4.77. The summed E-state index contributed by atoms with van der Waals surface area (Å²) in [6, 6.07) is 0. The van der Waals surface area contributed by atoms with Crippen LogP contribution in [0.3, 0.4) is 0 Å². The maximum atomic E-state index is 2.52. The Bertz CT molecular complexity index is 97.4. The van der Waals surface area contributed by atoms with E-state index < -0.39 is 0 Å². The van der Waals surface area contributed by atoms with Crippen molar-refractivity contribution in [2.75, 3.05) is 23.4 Å². The molecule has 0 aromatic heterocycles. The molecule has 1 aliphatic heterocycles. The molecule has 59 valence electrons. The fraction of sp³-hybridized carbons (Fsp3) is 1.00.